The first-order valence-electron chi connectivity index (χ1n) is 5.28. The Hall–Kier alpha value is -1.44. The topological polar surface area (TPSA) is 91.3 Å². The molecule has 7 heteroatoms. The number of rotatable bonds is 6. The fraction of sp³-hybridized carbons (Fsp3) is 0.636. The van der Waals surface area contributed by atoms with Gasteiger partial charge in [0.15, 0.2) is 0 Å². The first-order valence-corrected chi connectivity index (χ1v) is 5.28. The van der Waals surface area contributed by atoms with Gasteiger partial charge >= 0.3 is 11.9 Å². The summed E-state index contributed by atoms with van der Waals surface area (Å²) in [6.45, 7) is 1.44. The third-order valence-corrected chi connectivity index (χ3v) is 2.52. The van der Waals surface area contributed by atoms with E-state index in [9.17, 15) is 14.7 Å². The summed E-state index contributed by atoms with van der Waals surface area (Å²) in [5.74, 6) is -1.24. The van der Waals surface area contributed by atoms with Crippen molar-refractivity contribution in [2.75, 3.05) is 21.0 Å². The maximum atomic E-state index is 11.6. The lowest BCUT2D eigenvalue weighted by Gasteiger charge is -2.16. The van der Waals surface area contributed by atoms with E-state index in [1.54, 1.807) is 0 Å². The third-order valence-electron chi connectivity index (χ3n) is 2.52. The minimum absolute atomic E-state index is 0.0954. The monoisotopic (exact) mass is 260 g/mol. The summed E-state index contributed by atoms with van der Waals surface area (Å²) < 4.78 is 19.1. The molecule has 0 aliphatic carbocycles. The van der Waals surface area contributed by atoms with Crippen LogP contribution in [-0.4, -0.2) is 50.5 Å². The van der Waals surface area contributed by atoms with Gasteiger partial charge in [-0.25, -0.2) is 4.79 Å². The highest BCUT2D eigenvalue weighted by molar-refractivity contribution is 5.93. The molecule has 7 nitrogen and oxygen atoms in total. The normalized spacial score (nSPS) is 20.9. The lowest BCUT2D eigenvalue weighted by molar-refractivity contribution is -0.154. The highest BCUT2D eigenvalue weighted by atomic mass is 16.7. The predicted octanol–water partition coefficient (Wildman–Crippen LogP) is -0.270. The first-order chi connectivity index (χ1) is 8.51. The number of ether oxygens (including phenoxy) is 4. The summed E-state index contributed by atoms with van der Waals surface area (Å²) in [4.78, 5) is 22.8. The molecule has 0 aromatic heterocycles. The van der Waals surface area contributed by atoms with Crippen LogP contribution in [0.3, 0.4) is 0 Å². The van der Waals surface area contributed by atoms with Crippen LogP contribution in [-0.2, 0) is 28.5 Å². The van der Waals surface area contributed by atoms with Crippen LogP contribution < -0.4 is 0 Å². The van der Waals surface area contributed by atoms with Crippen molar-refractivity contribution in [2.24, 2.45) is 0 Å². The van der Waals surface area contributed by atoms with Gasteiger partial charge in [-0.1, -0.05) is 0 Å². The van der Waals surface area contributed by atoms with E-state index in [1.165, 1.54) is 21.1 Å². The number of hydrogen-bond donors (Lipinski definition) is 1. The Morgan fingerprint density at radius 2 is 2.17 bits per heavy atom. The molecule has 0 bridgehead atoms. The Morgan fingerprint density at radius 1 is 1.50 bits per heavy atom. The number of aliphatic hydroxyl groups excluding tert-OH is 1. The van der Waals surface area contributed by atoms with Gasteiger partial charge in [-0.15, -0.1) is 0 Å². The maximum Gasteiger partial charge on any atom is 0.339 e. The maximum absolute atomic E-state index is 11.6. The third kappa shape index (κ3) is 3.28. The molecule has 102 valence electrons. The Balaban J connectivity index is 2.88. The van der Waals surface area contributed by atoms with Crippen LogP contribution in [0.5, 0.6) is 0 Å². The second-order valence-electron chi connectivity index (χ2n) is 3.70. The van der Waals surface area contributed by atoms with Gasteiger partial charge in [0, 0.05) is 12.7 Å². The molecule has 0 saturated carbocycles. The molecule has 0 fully saturated rings. The average molecular weight is 260 g/mol. The van der Waals surface area contributed by atoms with E-state index >= 15 is 0 Å². The molecule has 0 aromatic carbocycles. The van der Waals surface area contributed by atoms with Gasteiger partial charge in [-0.05, 0) is 6.92 Å². The second kappa shape index (κ2) is 6.48. The lowest BCUT2D eigenvalue weighted by Crippen LogP contribution is -2.25. The number of hydrogen-bond acceptors (Lipinski definition) is 7. The molecule has 18 heavy (non-hydrogen) atoms. The van der Waals surface area contributed by atoms with Crippen LogP contribution in [0.4, 0.5) is 0 Å². The molecule has 0 amide bonds. The van der Waals surface area contributed by atoms with Crippen LogP contribution >= 0.6 is 0 Å². The second-order valence-corrected chi connectivity index (χ2v) is 3.70. The van der Waals surface area contributed by atoms with E-state index in [-0.39, 0.29) is 18.8 Å². The molecule has 0 radical (unpaired) electrons. The number of carbonyl (C=O) groups excluding carboxylic acids is 2. The smallest absolute Gasteiger partial charge is 0.339 e. The van der Waals surface area contributed by atoms with Crippen LogP contribution in [0.1, 0.15) is 13.3 Å². The Labute approximate surface area is 104 Å². The van der Waals surface area contributed by atoms with Gasteiger partial charge in [0.2, 0.25) is 6.29 Å². The van der Waals surface area contributed by atoms with Crippen molar-refractivity contribution >= 4 is 11.9 Å². The zero-order valence-corrected chi connectivity index (χ0v) is 10.5. The summed E-state index contributed by atoms with van der Waals surface area (Å²) >= 11 is 0. The van der Waals surface area contributed by atoms with Crippen molar-refractivity contribution in [2.45, 2.75) is 25.7 Å². The zero-order valence-electron chi connectivity index (χ0n) is 10.5. The molecule has 0 saturated heterocycles. The van der Waals surface area contributed by atoms with Crippen LogP contribution in [0, 0.1) is 0 Å². The highest BCUT2D eigenvalue weighted by Gasteiger charge is 2.36. The van der Waals surface area contributed by atoms with Gasteiger partial charge in [-0.3, -0.25) is 4.79 Å². The molecule has 2 atom stereocenters. The molecule has 0 aromatic rings. The molecule has 0 spiro atoms. The Bertz CT molecular complexity index is 360. The summed E-state index contributed by atoms with van der Waals surface area (Å²) in [6.07, 6.45) is -2.31. The number of esters is 2. The van der Waals surface area contributed by atoms with Gasteiger partial charge in [0.1, 0.15) is 12.9 Å². The summed E-state index contributed by atoms with van der Waals surface area (Å²) in [5, 5.41) is 9.40. The lowest BCUT2D eigenvalue weighted by atomic mass is 10.0. The highest BCUT2D eigenvalue weighted by Crippen LogP contribution is 2.26. The number of methoxy groups -OCH3 is 2. The SMILES string of the molecule is COCO[C@H](CC(=O)OC)C1=C(C)C(O)OC1=O. The van der Waals surface area contributed by atoms with E-state index in [0.717, 1.165) is 0 Å². The molecule has 1 heterocycles. The van der Waals surface area contributed by atoms with Crippen molar-refractivity contribution in [3.63, 3.8) is 0 Å². The van der Waals surface area contributed by atoms with Crippen LogP contribution in [0.15, 0.2) is 11.1 Å². The van der Waals surface area contributed by atoms with Crippen molar-refractivity contribution in [3.8, 4) is 0 Å². The molecule has 1 aliphatic heterocycles. The Kier molecular flexibility index (Phi) is 5.26. The van der Waals surface area contributed by atoms with Crippen molar-refractivity contribution in [1.29, 1.82) is 0 Å². The summed E-state index contributed by atoms with van der Waals surface area (Å²) in [5.41, 5.74) is 0.454. The molecular formula is C11H16O7. The van der Waals surface area contributed by atoms with Crippen LogP contribution in [0.2, 0.25) is 0 Å². The predicted molar refractivity (Wildman–Crippen MR) is 58.2 cm³/mol. The number of aliphatic hydroxyl groups is 1. The number of cyclic esters (lactones) is 1. The van der Waals surface area contributed by atoms with Crippen molar-refractivity contribution in [3.05, 3.63) is 11.1 Å². The number of carbonyl (C=O) groups is 2. The summed E-state index contributed by atoms with van der Waals surface area (Å²) in [6, 6.07) is 0. The Morgan fingerprint density at radius 3 is 2.61 bits per heavy atom. The van der Waals surface area contributed by atoms with Crippen LogP contribution in [0.25, 0.3) is 0 Å². The molecule has 1 aliphatic rings. The van der Waals surface area contributed by atoms with Gasteiger partial charge in [0.25, 0.3) is 0 Å². The molecule has 1 unspecified atom stereocenters. The zero-order chi connectivity index (χ0) is 13.7. The van der Waals surface area contributed by atoms with Gasteiger partial charge in [0.05, 0.1) is 19.1 Å². The van der Waals surface area contributed by atoms with E-state index in [4.69, 9.17) is 9.47 Å². The average Bonchev–Trinajstić information content (AvgIpc) is 2.59. The van der Waals surface area contributed by atoms with E-state index in [1.807, 2.05) is 0 Å². The molecular weight excluding hydrogens is 244 g/mol. The minimum Gasteiger partial charge on any atom is -0.469 e. The van der Waals surface area contributed by atoms with E-state index < -0.39 is 24.3 Å². The standard InChI is InChI=1S/C11H16O7/c1-6-9(11(14)18-10(6)13)7(17-5-15-2)4-8(12)16-3/h7,10,13H,4-5H2,1-3H3/t7-,10?/m1/s1. The van der Waals surface area contributed by atoms with E-state index in [0.29, 0.717) is 5.57 Å². The first kappa shape index (κ1) is 14.6. The largest absolute Gasteiger partial charge is 0.469 e. The fourth-order valence-corrected chi connectivity index (χ4v) is 1.56. The molecule has 1 N–H and O–H groups in total. The van der Waals surface area contributed by atoms with Crippen molar-refractivity contribution in [1.82, 2.24) is 0 Å². The summed E-state index contributed by atoms with van der Waals surface area (Å²) in [7, 11) is 2.65. The quantitative estimate of drug-likeness (QED) is 0.519. The fourth-order valence-electron chi connectivity index (χ4n) is 1.56. The van der Waals surface area contributed by atoms with Crippen molar-refractivity contribution < 1.29 is 33.6 Å². The van der Waals surface area contributed by atoms with Gasteiger partial charge in [-0.2, -0.15) is 0 Å². The van der Waals surface area contributed by atoms with E-state index in [2.05, 4.69) is 9.47 Å². The molecule has 1 rings (SSSR count). The van der Waals surface area contributed by atoms with Gasteiger partial charge < -0.3 is 24.1 Å². The minimum atomic E-state index is -1.29.